The Morgan fingerprint density at radius 1 is 1.23 bits per heavy atom. The Labute approximate surface area is 155 Å². The van der Waals surface area contributed by atoms with E-state index in [4.69, 9.17) is 4.74 Å². The number of hydrogen-bond acceptors (Lipinski definition) is 7. The van der Waals surface area contributed by atoms with Crippen molar-refractivity contribution in [3.8, 4) is 10.8 Å². The van der Waals surface area contributed by atoms with Gasteiger partial charge >= 0.3 is 0 Å². The van der Waals surface area contributed by atoms with Gasteiger partial charge in [0.25, 0.3) is 0 Å². The van der Waals surface area contributed by atoms with E-state index in [0.717, 1.165) is 30.8 Å². The van der Waals surface area contributed by atoms with Crippen molar-refractivity contribution in [1.82, 2.24) is 20.3 Å². The van der Waals surface area contributed by atoms with Gasteiger partial charge < -0.3 is 10.1 Å². The molecule has 1 atom stereocenters. The van der Waals surface area contributed by atoms with Gasteiger partial charge in [-0.2, -0.15) is 0 Å². The first-order chi connectivity index (χ1) is 12.8. The summed E-state index contributed by atoms with van der Waals surface area (Å²) >= 11 is 1.38. The summed E-state index contributed by atoms with van der Waals surface area (Å²) in [4.78, 5) is 25.2. The highest BCUT2D eigenvalue weighted by atomic mass is 32.1. The fourth-order valence-electron chi connectivity index (χ4n) is 2.82. The third-order valence-corrected chi connectivity index (χ3v) is 5.03. The van der Waals surface area contributed by atoms with Crippen LogP contribution >= 0.6 is 11.3 Å². The number of benzene rings is 1. The minimum atomic E-state index is -0.00763. The van der Waals surface area contributed by atoms with Gasteiger partial charge in [0.2, 0.25) is 0 Å². The van der Waals surface area contributed by atoms with E-state index in [0.29, 0.717) is 22.9 Å². The lowest BCUT2D eigenvalue weighted by Crippen LogP contribution is -2.33. The number of aromatic nitrogens is 3. The smallest absolute Gasteiger partial charge is 0.188 e. The highest BCUT2D eigenvalue weighted by Gasteiger charge is 2.17. The fraction of sp³-hybridized carbons (Fsp3) is 0.263. The number of ketones is 1. The molecule has 0 radical (unpaired) electrons. The van der Waals surface area contributed by atoms with E-state index in [1.165, 1.54) is 11.3 Å². The molecule has 1 saturated heterocycles. The molecule has 1 aliphatic heterocycles. The Hall–Kier alpha value is -2.48. The van der Waals surface area contributed by atoms with Crippen LogP contribution in [0.2, 0.25) is 0 Å². The van der Waals surface area contributed by atoms with Crippen molar-refractivity contribution in [1.29, 1.82) is 0 Å². The summed E-state index contributed by atoms with van der Waals surface area (Å²) < 4.78 is 5.75. The van der Waals surface area contributed by atoms with E-state index in [-0.39, 0.29) is 11.9 Å². The molecule has 3 aromatic rings. The van der Waals surface area contributed by atoms with Gasteiger partial charge in [0.05, 0.1) is 12.7 Å². The van der Waals surface area contributed by atoms with E-state index in [2.05, 4.69) is 20.3 Å². The van der Waals surface area contributed by atoms with Crippen LogP contribution in [0.1, 0.15) is 27.7 Å². The SMILES string of the molecule is O=C(Cc1ccc(C2CNCCO2)cc1)c1csc(-c2ncccn2)n1. The van der Waals surface area contributed by atoms with Crippen LogP contribution in [0.25, 0.3) is 10.8 Å². The second-order valence-corrected chi connectivity index (χ2v) is 6.87. The van der Waals surface area contributed by atoms with Crippen LogP contribution in [0.3, 0.4) is 0 Å². The molecule has 0 amide bonds. The zero-order valence-electron chi connectivity index (χ0n) is 14.1. The molecule has 0 spiro atoms. The molecule has 3 heterocycles. The first-order valence-corrected chi connectivity index (χ1v) is 9.35. The Kier molecular flexibility index (Phi) is 5.10. The van der Waals surface area contributed by atoms with Crippen molar-refractivity contribution in [2.45, 2.75) is 12.5 Å². The van der Waals surface area contributed by atoms with Gasteiger partial charge in [-0.3, -0.25) is 4.79 Å². The number of hydrogen-bond donors (Lipinski definition) is 1. The number of ether oxygens (including phenoxy) is 1. The molecule has 2 aromatic heterocycles. The van der Waals surface area contributed by atoms with Crippen LogP contribution in [-0.4, -0.2) is 40.4 Å². The number of carbonyl (C=O) groups is 1. The molecule has 26 heavy (non-hydrogen) atoms. The quantitative estimate of drug-likeness (QED) is 0.700. The molecule has 0 bridgehead atoms. The number of nitrogens with one attached hydrogen (secondary N) is 1. The standard InChI is InChI=1S/C19H18N4O2S/c24-16(15-12-26-19(23-15)18-21-6-1-7-22-18)10-13-2-4-14(5-3-13)17-11-20-8-9-25-17/h1-7,12,17,20H,8-11H2. The molecule has 1 N–H and O–H groups in total. The lowest BCUT2D eigenvalue weighted by atomic mass is 10.0. The van der Waals surface area contributed by atoms with E-state index in [9.17, 15) is 4.79 Å². The van der Waals surface area contributed by atoms with Gasteiger partial charge in [-0.1, -0.05) is 24.3 Å². The zero-order chi connectivity index (χ0) is 17.8. The molecule has 1 aromatic carbocycles. The van der Waals surface area contributed by atoms with Crippen LogP contribution in [0.4, 0.5) is 0 Å². The third-order valence-electron chi connectivity index (χ3n) is 4.19. The third kappa shape index (κ3) is 3.85. The van der Waals surface area contributed by atoms with Crippen LogP contribution in [0.15, 0.2) is 48.1 Å². The van der Waals surface area contributed by atoms with Crippen molar-refractivity contribution >= 4 is 17.1 Å². The number of morpholine rings is 1. The number of Topliss-reactive ketones (excluding diaryl/α,β-unsaturated/α-hetero) is 1. The fourth-order valence-corrected chi connectivity index (χ4v) is 3.59. The normalized spacial score (nSPS) is 17.2. The van der Waals surface area contributed by atoms with Crippen LogP contribution in [0.5, 0.6) is 0 Å². The monoisotopic (exact) mass is 366 g/mol. The molecule has 1 aliphatic rings. The van der Waals surface area contributed by atoms with Crippen LogP contribution in [0, 0.1) is 0 Å². The number of nitrogens with zero attached hydrogens (tertiary/aromatic N) is 3. The van der Waals surface area contributed by atoms with Gasteiger partial charge in [0.15, 0.2) is 16.6 Å². The van der Waals surface area contributed by atoms with Gasteiger partial charge in [-0.15, -0.1) is 11.3 Å². The molecule has 132 valence electrons. The largest absolute Gasteiger partial charge is 0.371 e. The van der Waals surface area contributed by atoms with E-state index in [1.807, 2.05) is 24.3 Å². The molecule has 0 saturated carbocycles. The van der Waals surface area contributed by atoms with E-state index < -0.39 is 0 Å². The second-order valence-electron chi connectivity index (χ2n) is 6.02. The average molecular weight is 366 g/mol. The van der Waals surface area contributed by atoms with Gasteiger partial charge in [0, 0.05) is 37.3 Å². The van der Waals surface area contributed by atoms with Crippen molar-refractivity contribution in [3.63, 3.8) is 0 Å². The van der Waals surface area contributed by atoms with Gasteiger partial charge in [-0.25, -0.2) is 15.0 Å². The molecule has 7 heteroatoms. The predicted molar refractivity (Wildman–Crippen MR) is 99.2 cm³/mol. The zero-order valence-corrected chi connectivity index (χ0v) is 14.9. The molecule has 1 unspecified atom stereocenters. The summed E-state index contributed by atoms with van der Waals surface area (Å²) in [5, 5.41) is 5.75. The maximum Gasteiger partial charge on any atom is 0.188 e. The first-order valence-electron chi connectivity index (χ1n) is 8.47. The summed E-state index contributed by atoms with van der Waals surface area (Å²) in [6.07, 6.45) is 3.74. The lowest BCUT2D eigenvalue weighted by Gasteiger charge is -2.24. The van der Waals surface area contributed by atoms with Crippen molar-refractivity contribution < 1.29 is 9.53 Å². The Morgan fingerprint density at radius 2 is 2.04 bits per heavy atom. The summed E-state index contributed by atoms with van der Waals surface area (Å²) in [6, 6.07) is 9.79. The molecular weight excluding hydrogens is 348 g/mol. The van der Waals surface area contributed by atoms with Gasteiger partial charge in [0.1, 0.15) is 5.69 Å². The second kappa shape index (κ2) is 7.82. The van der Waals surface area contributed by atoms with Crippen molar-refractivity contribution in [2.24, 2.45) is 0 Å². The predicted octanol–water partition coefficient (Wildman–Crippen LogP) is 2.69. The van der Waals surface area contributed by atoms with Crippen LogP contribution in [-0.2, 0) is 11.2 Å². The summed E-state index contributed by atoms with van der Waals surface area (Å²) in [5.41, 5.74) is 2.56. The molecular formula is C19H18N4O2S. The maximum atomic E-state index is 12.5. The molecule has 1 fully saturated rings. The summed E-state index contributed by atoms with van der Waals surface area (Å²) in [5.74, 6) is 0.536. The highest BCUT2D eigenvalue weighted by Crippen LogP contribution is 2.22. The van der Waals surface area contributed by atoms with E-state index >= 15 is 0 Å². The average Bonchev–Trinajstić information content (AvgIpc) is 3.20. The minimum Gasteiger partial charge on any atom is -0.371 e. The topological polar surface area (TPSA) is 77.0 Å². The maximum absolute atomic E-state index is 12.5. The van der Waals surface area contributed by atoms with Crippen LogP contribution < -0.4 is 5.32 Å². The first kappa shape index (κ1) is 17.0. The molecule has 0 aliphatic carbocycles. The Bertz CT molecular complexity index is 874. The summed E-state index contributed by atoms with van der Waals surface area (Å²) in [7, 11) is 0. The lowest BCUT2D eigenvalue weighted by molar-refractivity contribution is 0.0277. The number of carbonyl (C=O) groups excluding carboxylic acids is 1. The highest BCUT2D eigenvalue weighted by molar-refractivity contribution is 7.13. The molecule has 4 rings (SSSR count). The Morgan fingerprint density at radius 3 is 2.77 bits per heavy atom. The minimum absolute atomic E-state index is 0.00763. The Balaban J connectivity index is 1.42. The van der Waals surface area contributed by atoms with Crippen molar-refractivity contribution in [3.05, 3.63) is 64.9 Å². The van der Waals surface area contributed by atoms with Gasteiger partial charge in [-0.05, 0) is 17.2 Å². The van der Waals surface area contributed by atoms with Crippen molar-refractivity contribution in [2.75, 3.05) is 19.7 Å². The number of thiazole rings is 1. The summed E-state index contributed by atoms with van der Waals surface area (Å²) in [6.45, 7) is 2.44. The molecule has 6 nitrogen and oxygen atoms in total. The number of rotatable bonds is 5. The van der Waals surface area contributed by atoms with E-state index in [1.54, 1.807) is 23.8 Å².